The molecule has 108 valence electrons. The molecule has 0 saturated heterocycles. The maximum atomic E-state index is 11.7. The molecule has 3 N–H and O–H groups in total. The van der Waals surface area contributed by atoms with E-state index in [0.29, 0.717) is 18.7 Å². The van der Waals surface area contributed by atoms with Gasteiger partial charge < -0.3 is 15.8 Å². The third kappa shape index (κ3) is 6.45. The summed E-state index contributed by atoms with van der Waals surface area (Å²) in [5.41, 5.74) is 6.01. The summed E-state index contributed by atoms with van der Waals surface area (Å²) in [6.07, 6.45) is 1.94. The van der Waals surface area contributed by atoms with Crippen molar-refractivity contribution >= 4 is 18.3 Å². The van der Waals surface area contributed by atoms with E-state index >= 15 is 0 Å². The lowest BCUT2D eigenvalue weighted by Crippen LogP contribution is -2.25. The smallest absolute Gasteiger partial charge is 0.251 e. The van der Waals surface area contributed by atoms with Crippen molar-refractivity contribution < 1.29 is 9.53 Å². The van der Waals surface area contributed by atoms with Crippen molar-refractivity contribution in [1.29, 1.82) is 0 Å². The molecule has 0 spiro atoms. The van der Waals surface area contributed by atoms with Gasteiger partial charge in [0.1, 0.15) is 5.75 Å². The van der Waals surface area contributed by atoms with Gasteiger partial charge in [0.05, 0.1) is 6.10 Å². The maximum absolute atomic E-state index is 11.7. The van der Waals surface area contributed by atoms with Gasteiger partial charge >= 0.3 is 0 Å². The third-order valence-electron chi connectivity index (χ3n) is 2.70. The molecule has 0 aliphatic rings. The molecule has 1 rings (SSSR count). The number of halogens is 1. The minimum absolute atomic E-state index is 0. The van der Waals surface area contributed by atoms with Crippen LogP contribution in [0.25, 0.3) is 0 Å². The molecule has 4 nitrogen and oxygen atoms in total. The van der Waals surface area contributed by atoms with Crippen LogP contribution in [0.1, 0.15) is 37.0 Å². The quantitative estimate of drug-likeness (QED) is 0.756. The van der Waals surface area contributed by atoms with E-state index in [4.69, 9.17) is 10.5 Å². The van der Waals surface area contributed by atoms with Gasteiger partial charge in [-0.25, -0.2) is 0 Å². The minimum atomic E-state index is -0.0708. The number of hydrogen-bond donors (Lipinski definition) is 2. The Balaban J connectivity index is 0.00000324. The average Bonchev–Trinajstić information content (AvgIpc) is 2.39. The fourth-order valence-corrected chi connectivity index (χ4v) is 1.41. The molecule has 0 aliphatic carbocycles. The second kappa shape index (κ2) is 9.64. The average molecular weight is 287 g/mol. The number of benzene rings is 1. The summed E-state index contributed by atoms with van der Waals surface area (Å²) in [4.78, 5) is 11.7. The molecule has 1 aromatic rings. The highest BCUT2D eigenvalue weighted by molar-refractivity contribution is 5.94. The molecule has 19 heavy (non-hydrogen) atoms. The summed E-state index contributed by atoms with van der Waals surface area (Å²) in [5.74, 6) is 0.724. The lowest BCUT2D eigenvalue weighted by molar-refractivity contribution is 0.0953. The van der Waals surface area contributed by atoms with Crippen molar-refractivity contribution in [3.8, 4) is 5.75 Å². The van der Waals surface area contributed by atoms with Gasteiger partial charge in [0, 0.05) is 12.1 Å². The Bertz CT molecular complexity index is 368. The van der Waals surface area contributed by atoms with Crippen molar-refractivity contribution in [1.82, 2.24) is 5.32 Å². The van der Waals surface area contributed by atoms with Crippen LogP contribution in [-0.4, -0.2) is 25.1 Å². The molecule has 1 aromatic carbocycles. The van der Waals surface area contributed by atoms with Crippen LogP contribution < -0.4 is 15.8 Å². The van der Waals surface area contributed by atoms with Crippen LogP contribution in [0.4, 0.5) is 0 Å². The summed E-state index contributed by atoms with van der Waals surface area (Å²) in [6.45, 7) is 5.29. The molecule has 1 unspecified atom stereocenters. The summed E-state index contributed by atoms with van der Waals surface area (Å²) < 4.78 is 5.65. The van der Waals surface area contributed by atoms with Gasteiger partial charge in [0.25, 0.3) is 5.91 Å². The van der Waals surface area contributed by atoms with Crippen molar-refractivity contribution in [3.05, 3.63) is 29.8 Å². The number of amides is 1. The Morgan fingerprint density at radius 3 is 2.53 bits per heavy atom. The number of rotatable bonds is 7. The van der Waals surface area contributed by atoms with Gasteiger partial charge in [-0.2, -0.15) is 0 Å². The zero-order valence-corrected chi connectivity index (χ0v) is 12.3. The van der Waals surface area contributed by atoms with Gasteiger partial charge in [-0.3, -0.25) is 4.79 Å². The molecule has 0 heterocycles. The first-order valence-electron chi connectivity index (χ1n) is 6.42. The fraction of sp³-hybridized carbons (Fsp3) is 0.500. The molecule has 0 aliphatic heterocycles. The van der Waals surface area contributed by atoms with Crippen molar-refractivity contribution in [2.75, 3.05) is 13.1 Å². The topological polar surface area (TPSA) is 64.3 Å². The number of nitrogens with two attached hydrogens (primary N) is 1. The first-order chi connectivity index (χ1) is 8.67. The molecule has 5 heteroatoms. The zero-order chi connectivity index (χ0) is 13.4. The Kier molecular flexibility index (Phi) is 9.00. The summed E-state index contributed by atoms with van der Waals surface area (Å²) in [6, 6.07) is 7.19. The van der Waals surface area contributed by atoms with Crippen LogP contribution in [0, 0.1) is 0 Å². The van der Waals surface area contributed by atoms with E-state index in [0.717, 1.165) is 18.6 Å². The van der Waals surface area contributed by atoms with E-state index in [9.17, 15) is 4.79 Å². The van der Waals surface area contributed by atoms with Crippen LogP contribution in [0.3, 0.4) is 0 Å². The molecule has 0 fully saturated rings. The Morgan fingerprint density at radius 2 is 2.00 bits per heavy atom. The molecule has 0 bridgehead atoms. The molecule has 0 aromatic heterocycles. The second-order valence-corrected chi connectivity index (χ2v) is 4.26. The molecule has 1 atom stereocenters. The van der Waals surface area contributed by atoms with Crippen LogP contribution >= 0.6 is 12.4 Å². The van der Waals surface area contributed by atoms with Crippen LogP contribution in [0.2, 0.25) is 0 Å². The highest BCUT2D eigenvalue weighted by Crippen LogP contribution is 2.14. The van der Waals surface area contributed by atoms with Gasteiger partial charge in [0.15, 0.2) is 0 Å². The van der Waals surface area contributed by atoms with Gasteiger partial charge in [0.2, 0.25) is 0 Å². The largest absolute Gasteiger partial charge is 0.491 e. The third-order valence-corrected chi connectivity index (χ3v) is 2.70. The van der Waals surface area contributed by atoms with Gasteiger partial charge in [-0.1, -0.05) is 6.92 Å². The van der Waals surface area contributed by atoms with Crippen LogP contribution in [0.5, 0.6) is 5.75 Å². The highest BCUT2D eigenvalue weighted by Gasteiger charge is 2.05. The molecule has 1 amide bonds. The Labute approximate surface area is 121 Å². The normalized spacial score (nSPS) is 11.3. The lowest BCUT2D eigenvalue weighted by atomic mass is 10.2. The number of hydrogen-bond acceptors (Lipinski definition) is 3. The van der Waals surface area contributed by atoms with Crippen molar-refractivity contribution in [3.63, 3.8) is 0 Å². The molecular weight excluding hydrogens is 264 g/mol. The number of carbonyl (C=O) groups is 1. The standard InChI is InChI=1S/C14H22N2O2.ClH/c1-3-11(2)18-13-7-5-12(6-8-13)14(17)16-10-4-9-15;/h5-8,11H,3-4,9-10,15H2,1-2H3,(H,16,17);1H. The van der Waals surface area contributed by atoms with Crippen LogP contribution in [-0.2, 0) is 0 Å². The molecule has 0 radical (unpaired) electrons. The Hall–Kier alpha value is -1.26. The summed E-state index contributed by atoms with van der Waals surface area (Å²) in [5, 5.41) is 2.81. The van der Waals surface area contributed by atoms with Crippen molar-refractivity contribution in [2.45, 2.75) is 32.8 Å². The number of ether oxygens (including phenoxy) is 1. The van der Waals surface area contributed by atoms with Crippen molar-refractivity contribution in [2.24, 2.45) is 5.73 Å². The number of carbonyl (C=O) groups excluding carboxylic acids is 1. The van der Waals surface area contributed by atoms with Gasteiger partial charge in [-0.05, 0) is 50.6 Å². The first-order valence-corrected chi connectivity index (χ1v) is 6.42. The summed E-state index contributed by atoms with van der Waals surface area (Å²) in [7, 11) is 0. The van der Waals surface area contributed by atoms with E-state index < -0.39 is 0 Å². The zero-order valence-electron chi connectivity index (χ0n) is 11.5. The van der Waals surface area contributed by atoms with Gasteiger partial charge in [-0.15, -0.1) is 12.4 Å². The Morgan fingerprint density at radius 1 is 1.37 bits per heavy atom. The second-order valence-electron chi connectivity index (χ2n) is 4.26. The fourth-order valence-electron chi connectivity index (χ4n) is 1.41. The van der Waals surface area contributed by atoms with E-state index in [1.54, 1.807) is 12.1 Å². The molecular formula is C14H23ClN2O2. The van der Waals surface area contributed by atoms with E-state index in [1.165, 1.54) is 0 Å². The van der Waals surface area contributed by atoms with E-state index in [2.05, 4.69) is 12.2 Å². The predicted molar refractivity (Wildman–Crippen MR) is 80.1 cm³/mol. The highest BCUT2D eigenvalue weighted by atomic mass is 35.5. The monoisotopic (exact) mass is 286 g/mol. The first kappa shape index (κ1) is 17.7. The number of nitrogens with one attached hydrogen (secondary N) is 1. The lowest BCUT2D eigenvalue weighted by Gasteiger charge is -2.12. The molecule has 0 saturated carbocycles. The van der Waals surface area contributed by atoms with E-state index in [1.807, 2.05) is 19.1 Å². The predicted octanol–water partition coefficient (Wildman–Crippen LogP) is 2.36. The maximum Gasteiger partial charge on any atom is 0.251 e. The minimum Gasteiger partial charge on any atom is -0.491 e. The SMILES string of the molecule is CCC(C)Oc1ccc(C(=O)NCCCN)cc1.Cl. The van der Waals surface area contributed by atoms with E-state index in [-0.39, 0.29) is 24.4 Å². The van der Waals surface area contributed by atoms with Crippen LogP contribution in [0.15, 0.2) is 24.3 Å². The summed E-state index contributed by atoms with van der Waals surface area (Å²) >= 11 is 0.